The fraction of sp³-hybridized carbons (Fsp3) is 0.0714. The second-order valence-corrected chi connectivity index (χ2v) is 5.77. The van der Waals surface area contributed by atoms with Crippen molar-refractivity contribution in [3.05, 3.63) is 57.0 Å². The minimum absolute atomic E-state index is 0.161. The number of hydrogen-bond donors (Lipinski definition) is 2. The third-order valence-corrected chi connectivity index (χ3v) is 3.77. The first-order chi connectivity index (χ1) is 9.54. The standard InChI is InChI=1S/C14H11BrCl2N2O/c15-9-1-3-10(4-2-9)18-8-14(20)19-11-5-6-12(16)13(17)7-11/h1-7,18H,8H2,(H,19,20). The van der Waals surface area contributed by atoms with E-state index in [4.69, 9.17) is 23.2 Å². The highest BCUT2D eigenvalue weighted by molar-refractivity contribution is 9.10. The van der Waals surface area contributed by atoms with Crippen LogP contribution in [0.1, 0.15) is 0 Å². The monoisotopic (exact) mass is 372 g/mol. The molecule has 0 saturated carbocycles. The maximum atomic E-state index is 11.8. The van der Waals surface area contributed by atoms with Gasteiger partial charge in [0.05, 0.1) is 16.6 Å². The number of amides is 1. The van der Waals surface area contributed by atoms with Crippen LogP contribution in [0.3, 0.4) is 0 Å². The molecule has 0 radical (unpaired) electrons. The molecule has 0 fully saturated rings. The predicted molar refractivity (Wildman–Crippen MR) is 87.7 cm³/mol. The molecule has 0 aliphatic heterocycles. The Labute approximate surface area is 135 Å². The zero-order chi connectivity index (χ0) is 14.5. The summed E-state index contributed by atoms with van der Waals surface area (Å²) in [6.07, 6.45) is 0. The lowest BCUT2D eigenvalue weighted by Crippen LogP contribution is -2.21. The molecule has 6 heteroatoms. The number of halogens is 3. The van der Waals surface area contributed by atoms with Crippen LogP contribution in [0.4, 0.5) is 11.4 Å². The van der Waals surface area contributed by atoms with Gasteiger partial charge in [0, 0.05) is 15.8 Å². The van der Waals surface area contributed by atoms with Crippen LogP contribution in [-0.2, 0) is 4.79 Å². The number of benzene rings is 2. The Morgan fingerprint density at radius 3 is 2.30 bits per heavy atom. The van der Waals surface area contributed by atoms with Gasteiger partial charge in [-0.15, -0.1) is 0 Å². The van der Waals surface area contributed by atoms with Crippen molar-refractivity contribution in [2.75, 3.05) is 17.2 Å². The number of carbonyl (C=O) groups is 1. The van der Waals surface area contributed by atoms with Crippen LogP contribution >= 0.6 is 39.1 Å². The first-order valence-electron chi connectivity index (χ1n) is 5.79. The average Bonchev–Trinajstić information content (AvgIpc) is 2.42. The summed E-state index contributed by atoms with van der Waals surface area (Å²) in [5.74, 6) is -0.161. The summed E-state index contributed by atoms with van der Waals surface area (Å²) in [5.41, 5.74) is 1.49. The van der Waals surface area contributed by atoms with Gasteiger partial charge >= 0.3 is 0 Å². The van der Waals surface area contributed by atoms with Crippen molar-refractivity contribution in [1.82, 2.24) is 0 Å². The number of nitrogens with one attached hydrogen (secondary N) is 2. The van der Waals surface area contributed by atoms with E-state index in [0.717, 1.165) is 10.2 Å². The molecule has 0 aliphatic carbocycles. The summed E-state index contributed by atoms with van der Waals surface area (Å²) in [6, 6.07) is 12.5. The molecule has 0 spiro atoms. The summed E-state index contributed by atoms with van der Waals surface area (Å²) in [5, 5.41) is 6.63. The van der Waals surface area contributed by atoms with Gasteiger partial charge in [-0.3, -0.25) is 4.79 Å². The van der Waals surface area contributed by atoms with Crippen LogP contribution in [0, 0.1) is 0 Å². The van der Waals surface area contributed by atoms with Crippen LogP contribution in [0.15, 0.2) is 46.9 Å². The largest absolute Gasteiger partial charge is 0.376 e. The van der Waals surface area contributed by atoms with Gasteiger partial charge < -0.3 is 10.6 Å². The van der Waals surface area contributed by atoms with Crippen molar-refractivity contribution < 1.29 is 4.79 Å². The molecule has 20 heavy (non-hydrogen) atoms. The molecule has 0 saturated heterocycles. The lowest BCUT2D eigenvalue weighted by atomic mass is 10.3. The zero-order valence-electron chi connectivity index (χ0n) is 10.3. The third kappa shape index (κ3) is 4.40. The highest BCUT2D eigenvalue weighted by Crippen LogP contribution is 2.24. The Hall–Kier alpha value is -1.23. The van der Waals surface area contributed by atoms with Crippen LogP contribution in [0.25, 0.3) is 0 Å². The summed E-state index contributed by atoms with van der Waals surface area (Å²) in [4.78, 5) is 11.8. The Bertz CT molecular complexity index is 617. The number of rotatable bonds is 4. The molecular weight excluding hydrogens is 363 g/mol. The number of carbonyl (C=O) groups excluding carboxylic acids is 1. The molecule has 2 aromatic rings. The van der Waals surface area contributed by atoms with Crippen molar-refractivity contribution in [1.29, 1.82) is 0 Å². The lowest BCUT2D eigenvalue weighted by Gasteiger charge is -2.08. The Morgan fingerprint density at radius 1 is 1.00 bits per heavy atom. The van der Waals surface area contributed by atoms with Crippen LogP contribution in [-0.4, -0.2) is 12.5 Å². The summed E-state index contributed by atoms with van der Waals surface area (Å²) >= 11 is 15.0. The molecule has 2 rings (SSSR count). The minimum Gasteiger partial charge on any atom is -0.376 e. The summed E-state index contributed by atoms with van der Waals surface area (Å²) in [6.45, 7) is 0.169. The van der Waals surface area contributed by atoms with Crippen LogP contribution in [0.5, 0.6) is 0 Å². The first kappa shape index (κ1) is 15.2. The molecule has 0 heterocycles. The van der Waals surface area contributed by atoms with Crippen molar-refractivity contribution in [2.45, 2.75) is 0 Å². The predicted octanol–water partition coefficient (Wildman–Crippen LogP) is 4.81. The van der Waals surface area contributed by atoms with E-state index in [9.17, 15) is 4.79 Å². The van der Waals surface area contributed by atoms with E-state index in [0.29, 0.717) is 15.7 Å². The highest BCUT2D eigenvalue weighted by atomic mass is 79.9. The fourth-order valence-corrected chi connectivity index (χ4v) is 2.09. The van der Waals surface area contributed by atoms with E-state index >= 15 is 0 Å². The third-order valence-electron chi connectivity index (χ3n) is 2.50. The second-order valence-electron chi connectivity index (χ2n) is 4.04. The Morgan fingerprint density at radius 2 is 1.65 bits per heavy atom. The van der Waals surface area contributed by atoms with E-state index in [1.165, 1.54) is 0 Å². The molecule has 3 nitrogen and oxygen atoms in total. The molecule has 0 atom stereocenters. The van der Waals surface area contributed by atoms with Crippen molar-refractivity contribution in [2.24, 2.45) is 0 Å². The second kappa shape index (κ2) is 6.97. The summed E-state index contributed by atoms with van der Waals surface area (Å²) in [7, 11) is 0. The van der Waals surface area contributed by atoms with E-state index in [-0.39, 0.29) is 12.5 Å². The molecule has 1 amide bonds. The highest BCUT2D eigenvalue weighted by Gasteiger charge is 2.04. The molecule has 0 unspecified atom stereocenters. The van der Waals surface area contributed by atoms with Gasteiger partial charge in [0.15, 0.2) is 0 Å². The normalized spacial score (nSPS) is 10.2. The molecule has 0 aromatic heterocycles. The van der Waals surface area contributed by atoms with Gasteiger partial charge in [-0.2, -0.15) is 0 Å². The maximum Gasteiger partial charge on any atom is 0.243 e. The van der Waals surface area contributed by atoms with Crippen molar-refractivity contribution >= 4 is 56.4 Å². The molecule has 0 bridgehead atoms. The van der Waals surface area contributed by atoms with Gasteiger partial charge in [0.25, 0.3) is 0 Å². The topological polar surface area (TPSA) is 41.1 Å². The van der Waals surface area contributed by atoms with Gasteiger partial charge in [0.1, 0.15) is 0 Å². The van der Waals surface area contributed by atoms with Gasteiger partial charge in [-0.05, 0) is 42.5 Å². The lowest BCUT2D eigenvalue weighted by molar-refractivity contribution is -0.114. The van der Waals surface area contributed by atoms with Crippen molar-refractivity contribution in [3.63, 3.8) is 0 Å². The molecule has 104 valence electrons. The van der Waals surface area contributed by atoms with E-state index in [1.807, 2.05) is 24.3 Å². The fourth-order valence-electron chi connectivity index (χ4n) is 1.53. The summed E-state index contributed by atoms with van der Waals surface area (Å²) < 4.78 is 0.989. The quantitative estimate of drug-likeness (QED) is 0.807. The Balaban J connectivity index is 1.89. The maximum absolute atomic E-state index is 11.8. The van der Waals surface area contributed by atoms with Crippen LogP contribution in [0.2, 0.25) is 10.0 Å². The Kier molecular flexibility index (Phi) is 5.29. The van der Waals surface area contributed by atoms with Gasteiger partial charge in [0.2, 0.25) is 5.91 Å². The van der Waals surface area contributed by atoms with E-state index < -0.39 is 0 Å². The first-order valence-corrected chi connectivity index (χ1v) is 7.34. The number of hydrogen-bond acceptors (Lipinski definition) is 2. The van der Waals surface area contributed by atoms with Crippen LogP contribution < -0.4 is 10.6 Å². The van der Waals surface area contributed by atoms with Gasteiger partial charge in [-0.1, -0.05) is 39.1 Å². The molecule has 2 N–H and O–H groups in total. The molecule has 0 aliphatic rings. The number of anilines is 2. The van der Waals surface area contributed by atoms with E-state index in [2.05, 4.69) is 26.6 Å². The van der Waals surface area contributed by atoms with Crippen molar-refractivity contribution in [3.8, 4) is 0 Å². The van der Waals surface area contributed by atoms with E-state index in [1.54, 1.807) is 18.2 Å². The molecular formula is C14H11BrCl2N2O. The minimum atomic E-state index is -0.161. The zero-order valence-corrected chi connectivity index (χ0v) is 13.4. The van der Waals surface area contributed by atoms with Gasteiger partial charge in [-0.25, -0.2) is 0 Å². The smallest absolute Gasteiger partial charge is 0.243 e. The molecule has 2 aromatic carbocycles. The average molecular weight is 374 g/mol. The SMILES string of the molecule is O=C(CNc1ccc(Br)cc1)Nc1ccc(Cl)c(Cl)c1.